The van der Waals surface area contributed by atoms with E-state index in [0.717, 1.165) is 34.2 Å². The lowest BCUT2D eigenvalue weighted by molar-refractivity contribution is -0.137. The number of amides is 1. The molecular weight excluding hydrogens is 439 g/mol. The Morgan fingerprint density at radius 3 is 2.66 bits per heavy atom. The highest BCUT2D eigenvalue weighted by Crippen LogP contribution is 2.31. The van der Waals surface area contributed by atoms with Crippen LogP contribution in [0.5, 0.6) is 0 Å². The molecule has 1 amide bonds. The van der Waals surface area contributed by atoms with Gasteiger partial charge in [-0.3, -0.25) is 4.79 Å². The summed E-state index contributed by atoms with van der Waals surface area (Å²) in [6.07, 6.45) is 2.54. The number of anilines is 1. The quantitative estimate of drug-likeness (QED) is 0.349. The van der Waals surface area contributed by atoms with Crippen LogP contribution in [-0.2, 0) is 6.18 Å². The zero-order valence-electron chi connectivity index (χ0n) is 16.8. The monoisotopic (exact) mass is 455 g/mol. The first-order chi connectivity index (χ1) is 15.2. The normalized spacial score (nSPS) is 11.9. The smallest absolute Gasteiger partial charge is 0.346 e. The van der Waals surface area contributed by atoms with E-state index in [2.05, 4.69) is 15.3 Å². The highest BCUT2D eigenvalue weighted by atomic mass is 35.5. The van der Waals surface area contributed by atoms with Crippen molar-refractivity contribution in [3.05, 3.63) is 93.8 Å². The molecule has 4 rings (SSSR count). The first-order valence-corrected chi connectivity index (χ1v) is 9.99. The van der Waals surface area contributed by atoms with Crippen molar-refractivity contribution in [3.8, 4) is 0 Å². The summed E-state index contributed by atoms with van der Waals surface area (Å²) in [7, 11) is 0. The molecule has 32 heavy (non-hydrogen) atoms. The lowest BCUT2D eigenvalue weighted by atomic mass is 10.0. The van der Waals surface area contributed by atoms with Crippen molar-refractivity contribution in [2.24, 2.45) is 0 Å². The first-order valence-electron chi connectivity index (χ1n) is 9.61. The summed E-state index contributed by atoms with van der Waals surface area (Å²) in [5, 5.41) is 3.88. The van der Waals surface area contributed by atoms with E-state index in [1.54, 1.807) is 36.7 Å². The van der Waals surface area contributed by atoms with Crippen molar-refractivity contribution in [2.75, 3.05) is 5.32 Å². The molecule has 0 aliphatic rings. The minimum atomic E-state index is -4.48. The molecule has 2 N–H and O–H groups in total. The minimum absolute atomic E-state index is 0.0696. The van der Waals surface area contributed by atoms with Gasteiger partial charge >= 0.3 is 6.18 Å². The van der Waals surface area contributed by atoms with E-state index in [9.17, 15) is 18.0 Å². The number of fused-ring (bicyclic) bond motifs is 1. The average molecular weight is 456 g/mol. The second kappa shape index (κ2) is 8.51. The van der Waals surface area contributed by atoms with Crippen LogP contribution in [0.3, 0.4) is 0 Å². The van der Waals surface area contributed by atoms with Crippen LogP contribution >= 0.6 is 11.6 Å². The third-order valence-electron chi connectivity index (χ3n) is 4.98. The molecule has 162 valence electrons. The number of carbonyl (C=O) groups excluding carboxylic acids is 1. The summed E-state index contributed by atoms with van der Waals surface area (Å²) in [4.78, 5) is 19.9. The molecule has 0 radical (unpaired) electrons. The molecule has 8 heteroatoms. The van der Waals surface area contributed by atoms with Crippen LogP contribution in [0.25, 0.3) is 23.2 Å². The van der Waals surface area contributed by atoms with Crippen LogP contribution in [0.15, 0.2) is 60.9 Å². The number of rotatable bonds is 4. The number of carbonyl (C=O) groups is 1. The van der Waals surface area contributed by atoms with Gasteiger partial charge in [0.1, 0.15) is 5.65 Å². The van der Waals surface area contributed by atoms with E-state index in [1.165, 1.54) is 12.1 Å². The van der Waals surface area contributed by atoms with Crippen LogP contribution in [0.4, 0.5) is 18.9 Å². The Bertz CT molecular complexity index is 1340. The molecular formula is C24H17ClF3N3O. The number of aromatic amines is 1. The summed E-state index contributed by atoms with van der Waals surface area (Å²) < 4.78 is 38.7. The number of hydrogen-bond donors (Lipinski definition) is 2. The van der Waals surface area contributed by atoms with Gasteiger partial charge < -0.3 is 10.3 Å². The Hall–Kier alpha value is -3.58. The zero-order chi connectivity index (χ0) is 22.9. The van der Waals surface area contributed by atoms with Crippen molar-refractivity contribution in [1.29, 1.82) is 0 Å². The van der Waals surface area contributed by atoms with Gasteiger partial charge in [0, 0.05) is 34.6 Å². The molecule has 0 fully saturated rings. The van der Waals surface area contributed by atoms with E-state index >= 15 is 0 Å². The largest absolute Gasteiger partial charge is 0.416 e. The number of nitrogens with one attached hydrogen (secondary N) is 2. The van der Waals surface area contributed by atoms with Gasteiger partial charge in [-0.25, -0.2) is 4.98 Å². The minimum Gasteiger partial charge on any atom is -0.346 e. The standard InChI is InChI=1S/C24H17ClF3N3O/c1-14-5-6-16(23(32)31-19-4-2-3-18(12-19)24(26,27)28)11-15(14)7-8-17-13-30-22-20(21(17)25)9-10-29-22/h2-13H,1H3,(H,29,30)(H,31,32)/b8-7+. The number of nitrogens with zero attached hydrogens (tertiary/aromatic N) is 1. The van der Waals surface area contributed by atoms with Crippen molar-refractivity contribution in [3.63, 3.8) is 0 Å². The average Bonchev–Trinajstić information content (AvgIpc) is 3.23. The number of alkyl halides is 3. The first kappa shape index (κ1) is 21.6. The summed E-state index contributed by atoms with van der Waals surface area (Å²) >= 11 is 6.45. The van der Waals surface area contributed by atoms with E-state index in [-0.39, 0.29) is 5.69 Å². The van der Waals surface area contributed by atoms with Crippen LogP contribution in [0.1, 0.15) is 32.6 Å². The van der Waals surface area contributed by atoms with Gasteiger partial charge in [0.2, 0.25) is 0 Å². The molecule has 4 aromatic rings. The summed E-state index contributed by atoms with van der Waals surface area (Å²) in [6, 6.07) is 11.4. The fourth-order valence-corrected chi connectivity index (χ4v) is 3.49. The molecule has 0 atom stereocenters. The van der Waals surface area contributed by atoms with Crippen LogP contribution in [0.2, 0.25) is 5.02 Å². The fraction of sp³-hybridized carbons (Fsp3) is 0.0833. The maximum absolute atomic E-state index is 12.9. The molecule has 0 saturated heterocycles. The topological polar surface area (TPSA) is 57.8 Å². The number of benzene rings is 2. The van der Waals surface area contributed by atoms with Crippen molar-refractivity contribution in [1.82, 2.24) is 9.97 Å². The van der Waals surface area contributed by atoms with E-state index in [4.69, 9.17) is 11.6 Å². The fourth-order valence-electron chi connectivity index (χ4n) is 3.22. The van der Waals surface area contributed by atoms with Gasteiger partial charge in [-0.15, -0.1) is 0 Å². The Morgan fingerprint density at radius 1 is 1.09 bits per heavy atom. The van der Waals surface area contributed by atoms with Crippen LogP contribution in [-0.4, -0.2) is 15.9 Å². The van der Waals surface area contributed by atoms with Crippen LogP contribution < -0.4 is 5.32 Å². The van der Waals surface area contributed by atoms with Gasteiger partial charge in [-0.05, 0) is 54.4 Å². The van der Waals surface area contributed by atoms with E-state index in [1.807, 2.05) is 19.1 Å². The van der Waals surface area contributed by atoms with Crippen molar-refractivity contribution in [2.45, 2.75) is 13.1 Å². The van der Waals surface area contributed by atoms with Crippen molar-refractivity contribution >= 4 is 46.4 Å². The van der Waals surface area contributed by atoms with Crippen LogP contribution in [0, 0.1) is 6.92 Å². The molecule has 2 aromatic carbocycles. The molecule has 0 aliphatic heterocycles. The molecule has 4 nitrogen and oxygen atoms in total. The summed E-state index contributed by atoms with van der Waals surface area (Å²) in [6.45, 7) is 1.89. The maximum Gasteiger partial charge on any atom is 0.416 e. The number of aryl methyl sites for hydroxylation is 1. The predicted molar refractivity (Wildman–Crippen MR) is 121 cm³/mol. The Labute approximate surface area is 186 Å². The van der Waals surface area contributed by atoms with Crippen molar-refractivity contribution < 1.29 is 18.0 Å². The molecule has 2 heterocycles. The number of halogens is 4. The molecule has 2 aromatic heterocycles. The number of pyridine rings is 1. The van der Waals surface area contributed by atoms with Gasteiger partial charge in [-0.1, -0.05) is 35.9 Å². The summed E-state index contributed by atoms with van der Waals surface area (Å²) in [5.41, 5.74) is 2.66. The molecule has 0 aliphatic carbocycles. The molecule has 0 bridgehead atoms. The third-order valence-corrected chi connectivity index (χ3v) is 5.40. The second-order valence-electron chi connectivity index (χ2n) is 7.20. The molecule has 0 spiro atoms. The summed E-state index contributed by atoms with van der Waals surface area (Å²) in [5.74, 6) is -0.507. The molecule has 0 saturated carbocycles. The third kappa shape index (κ3) is 4.53. The highest BCUT2D eigenvalue weighted by molar-refractivity contribution is 6.36. The predicted octanol–water partition coefficient (Wildman–Crippen LogP) is 6.97. The highest BCUT2D eigenvalue weighted by Gasteiger charge is 2.30. The zero-order valence-corrected chi connectivity index (χ0v) is 17.6. The van der Waals surface area contributed by atoms with Gasteiger partial charge in [0.15, 0.2) is 0 Å². The Balaban J connectivity index is 1.57. The lowest BCUT2D eigenvalue weighted by Crippen LogP contribution is -2.13. The van der Waals surface area contributed by atoms with Gasteiger partial charge in [-0.2, -0.15) is 13.2 Å². The number of aromatic nitrogens is 2. The second-order valence-corrected chi connectivity index (χ2v) is 7.58. The SMILES string of the molecule is Cc1ccc(C(=O)Nc2cccc(C(F)(F)F)c2)cc1/C=C/c1cnc2[nH]ccc2c1Cl. The lowest BCUT2D eigenvalue weighted by Gasteiger charge is -2.11. The van der Waals surface area contributed by atoms with E-state index in [0.29, 0.717) is 16.2 Å². The Kier molecular flexibility index (Phi) is 5.76. The van der Waals surface area contributed by atoms with E-state index < -0.39 is 17.6 Å². The number of hydrogen-bond acceptors (Lipinski definition) is 2. The van der Waals surface area contributed by atoms with Gasteiger partial charge in [0.05, 0.1) is 10.6 Å². The number of H-pyrrole nitrogens is 1. The van der Waals surface area contributed by atoms with Gasteiger partial charge in [0.25, 0.3) is 5.91 Å². The molecule has 0 unspecified atom stereocenters. The maximum atomic E-state index is 12.9. The Morgan fingerprint density at radius 2 is 1.88 bits per heavy atom.